The number of rotatable bonds is 7. The van der Waals surface area contributed by atoms with Crippen LogP contribution >= 0.6 is 39.1 Å². The van der Waals surface area contributed by atoms with E-state index in [-0.39, 0.29) is 10.6 Å². The highest BCUT2D eigenvalue weighted by molar-refractivity contribution is 9.09. The van der Waals surface area contributed by atoms with Gasteiger partial charge in [0.05, 0.1) is 26.4 Å². The van der Waals surface area contributed by atoms with Crippen LogP contribution in [0.5, 0.6) is 0 Å². The molecule has 0 aromatic carbocycles. The van der Waals surface area contributed by atoms with Gasteiger partial charge in [0.25, 0.3) is 0 Å². The summed E-state index contributed by atoms with van der Waals surface area (Å²) in [5, 5.41) is 21.8. The number of ether oxygens (including phenoxy) is 2. The SMILES string of the molecule is C=Cn1c(C(C)(C)O)nc2c(N3CCOCC3)nc(Cl)nc21.CC(C)(O)c1nc2c(N3CCOCC3)nc(Cl)nc2n1CCBr. The van der Waals surface area contributed by atoms with Crippen molar-refractivity contribution < 1.29 is 19.7 Å². The first kappa shape index (κ1) is 33.7. The van der Waals surface area contributed by atoms with E-state index in [1.807, 2.05) is 4.57 Å². The van der Waals surface area contributed by atoms with Gasteiger partial charge in [0, 0.05) is 44.3 Å². The van der Waals surface area contributed by atoms with Crippen LogP contribution in [-0.2, 0) is 27.2 Å². The summed E-state index contributed by atoms with van der Waals surface area (Å²) < 4.78 is 14.3. The first-order valence-electron chi connectivity index (χ1n) is 14.5. The number of nitrogens with zero attached hydrogens (tertiary/aromatic N) is 10. The average molecular weight is 728 g/mol. The minimum absolute atomic E-state index is 0.138. The molecule has 2 N–H and O–H groups in total. The van der Waals surface area contributed by atoms with Crippen molar-refractivity contribution in [3.8, 4) is 0 Å². The van der Waals surface area contributed by atoms with Crippen LogP contribution in [0.4, 0.5) is 11.6 Å². The Kier molecular flexibility index (Phi) is 10.2. The zero-order chi connectivity index (χ0) is 32.5. The molecule has 6 rings (SSSR count). The lowest BCUT2D eigenvalue weighted by molar-refractivity contribution is 0.0654. The molecule has 244 valence electrons. The number of hydrogen-bond donors (Lipinski definition) is 2. The van der Waals surface area contributed by atoms with Crippen LogP contribution in [-0.4, -0.2) is 107 Å². The molecule has 4 aromatic heterocycles. The predicted molar refractivity (Wildman–Crippen MR) is 177 cm³/mol. The Bertz CT molecular complexity index is 1670. The third kappa shape index (κ3) is 7.19. The molecule has 45 heavy (non-hydrogen) atoms. The normalized spacial score (nSPS) is 16.3. The maximum atomic E-state index is 10.5. The van der Waals surface area contributed by atoms with Gasteiger partial charge in [0.15, 0.2) is 34.0 Å². The standard InChI is InChI=1S/C14H19BrClN5O2.C14H18ClN5O2/c1-14(2,22)12-17-9-10(20-5-7-23-8-6-20)18-13(16)19-11(9)21(12)4-3-15;1-4-20-11-9(16-12(20)14(2,3)21)10(17-13(15)18-11)19-5-7-22-8-6-19/h22H,3-8H2,1-2H3;4,21H,1,5-8H2,2-3H3. The van der Waals surface area contributed by atoms with Crippen molar-refractivity contribution in [1.82, 2.24) is 39.0 Å². The quantitative estimate of drug-likeness (QED) is 0.211. The molecule has 0 saturated carbocycles. The number of morpholine rings is 2. The number of aliphatic hydroxyl groups is 2. The van der Waals surface area contributed by atoms with E-state index in [0.29, 0.717) is 91.7 Å². The molecule has 0 amide bonds. The molecular weight excluding hydrogens is 691 g/mol. The number of aromatic nitrogens is 8. The number of fused-ring (bicyclic) bond motifs is 2. The smallest absolute Gasteiger partial charge is 0.226 e. The van der Waals surface area contributed by atoms with Crippen LogP contribution in [0.3, 0.4) is 0 Å². The van der Waals surface area contributed by atoms with E-state index in [0.717, 1.165) is 18.4 Å². The highest BCUT2D eigenvalue weighted by atomic mass is 79.9. The Morgan fingerprint density at radius 2 is 1.20 bits per heavy atom. The van der Waals surface area contributed by atoms with E-state index in [9.17, 15) is 10.2 Å². The van der Waals surface area contributed by atoms with E-state index in [2.05, 4.69) is 62.2 Å². The molecule has 0 unspecified atom stereocenters. The van der Waals surface area contributed by atoms with Crippen LogP contribution < -0.4 is 9.80 Å². The first-order chi connectivity index (χ1) is 21.3. The summed E-state index contributed by atoms with van der Waals surface area (Å²) in [4.78, 5) is 30.7. The highest BCUT2D eigenvalue weighted by Crippen LogP contribution is 2.32. The monoisotopic (exact) mass is 726 g/mol. The maximum absolute atomic E-state index is 10.5. The van der Waals surface area contributed by atoms with Crippen LogP contribution in [0, 0.1) is 0 Å². The number of anilines is 2. The molecule has 2 saturated heterocycles. The summed E-state index contributed by atoms with van der Waals surface area (Å²) in [6.07, 6.45) is 1.56. The van der Waals surface area contributed by atoms with E-state index in [4.69, 9.17) is 32.7 Å². The van der Waals surface area contributed by atoms with Crippen molar-refractivity contribution >= 4 is 79.3 Å². The molecule has 0 aliphatic carbocycles. The third-order valence-electron chi connectivity index (χ3n) is 7.25. The van der Waals surface area contributed by atoms with Gasteiger partial charge in [-0.2, -0.15) is 19.9 Å². The number of alkyl halides is 1. The zero-order valence-electron chi connectivity index (χ0n) is 25.7. The van der Waals surface area contributed by atoms with E-state index in [1.165, 1.54) is 0 Å². The summed E-state index contributed by atoms with van der Waals surface area (Å²) in [6.45, 7) is 16.6. The molecule has 2 aliphatic heterocycles. The van der Waals surface area contributed by atoms with Crippen LogP contribution in [0.15, 0.2) is 6.58 Å². The summed E-state index contributed by atoms with van der Waals surface area (Å²) >= 11 is 15.7. The topological polar surface area (TPSA) is 153 Å². The largest absolute Gasteiger partial charge is 0.383 e. The molecule has 0 atom stereocenters. The van der Waals surface area contributed by atoms with Crippen molar-refractivity contribution in [2.45, 2.75) is 45.4 Å². The van der Waals surface area contributed by atoms with E-state index in [1.54, 1.807) is 38.5 Å². The Balaban J connectivity index is 0.000000178. The van der Waals surface area contributed by atoms with Crippen molar-refractivity contribution in [1.29, 1.82) is 0 Å². The summed E-state index contributed by atoms with van der Waals surface area (Å²) in [7, 11) is 0. The van der Waals surface area contributed by atoms with E-state index < -0.39 is 11.2 Å². The lowest BCUT2D eigenvalue weighted by Crippen LogP contribution is -2.37. The van der Waals surface area contributed by atoms with Gasteiger partial charge in [-0.05, 0) is 50.9 Å². The van der Waals surface area contributed by atoms with Gasteiger partial charge in [0.1, 0.15) is 22.9 Å². The molecule has 0 bridgehead atoms. The Morgan fingerprint density at radius 1 is 0.756 bits per heavy atom. The number of aryl methyl sites for hydroxylation is 1. The van der Waals surface area contributed by atoms with Crippen LogP contribution in [0.1, 0.15) is 39.3 Å². The number of halogens is 3. The second-order valence-electron chi connectivity index (χ2n) is 11.6. The second kappa shape index (κ2) is 13.6. The minimum Gasteiger partial charge on any atom is -0.383 e. The molecule has 14 nitrogen and oxygen atoms in total. The zero-order valence-corrected chi connectivity index (χ0v) is 28.8. The molecule has 6 heterocycles. The fraction of sp³-hybridized carbons (Fsp3) is 0.571. The van der Waals surface area contributed by atoms with Gasteiger partial charge in [0.2, 0.25) is 10.6 Å². The molecule has 0 radical (unpaired) electrons. The van der Waals surface area contributed by atoms with E-state index >= 15 is 0 Å². The molecule has 2 aliphatic rings. The van der Waals surface area contributed by atoms with Gasteiger partial charge in [-0.3, -0.25) is 4.57 Å². The Hall–Kier alpha value is -2.66. The van der Waals surface area contributed by atoms with Gasteiger partial charge < -0.3 is 34.1 Å². The average Bonchev–Trinajstić information content (AvgIpc) is 3.56. The van der Waals surface area contributed by atoms with Crippen molar-refractivity contribution in [2.75, 3.05) is 67.7 Å². The molecule has 2 fully saturated rings. The molecule has 0 spiro atoms. The molecular formula is C28H37BrCl2N10O4. The maximum Gasteiger partial charge on any atom is 0.226 e. The van der Waals surface area contributed by atoms with Gasteiger partial charge in [-0.15, -0.1) is 0 Å². The Morgan fingerprint density at radius 3 is 1.64 bits per heavy atom. The summed E-state index contributed by atoms with van der Waals surface area (Å²) in [5.74, 6) is 2.35. The lowest BCUT2D eigenvalue weighted by atomic mass is 10.1. The van der Waals surface area contributed by atoms with Gasteiger partial charge in [-0.1, -0.05) is 22.5 Å². The Labute approximate surface area is 279 Å². The molecule has 4 aromatic rings. The number of imidazole rings is 2. The fourth-order valence-corrected chi connectivity index (χ4v) is 5.93. The summed E-state index contributed by atoms with van der Waals surface area (Å²) in [6, 6.07) is 0. The van der Waals surface area contributed by atoms with Crippen molar-refractivity contribution in [2.24, 2.45) is 0 Å². The summed E-state index contributed by atoms with van der Waals surface area (Å²) in [5.41, 5.74) is 0.218. The second-order valence-corrected chi connectivity index (χ2v) is 13.0. The van der Waals surface area contributed by atoms with Crippen LogP contribution in [0.25, 0.3) is 28.5 Å². The number of hydrogen-bond acceptors (Lipinski definition) is 12. The predicted octanol–water partition coefficient (Wildman–Crippen LogP) is 3.58. The third-order valence-corrected chi connectivity index (χ3v) is 7.94. The van der Waals surface area contributed by atoms with Gasteiger partial charge >= 0.3 is 0 Å². The first-order valence-corrected chi connectivity index (χ1v) is 16.4. The van der Waals surface area contributed by atoms with Gasteiger partial charge in [-0.25, -0.2) is 9.97 Å². The lowest BCUT2D eigenvalue weighted by Gasteiger charge is -2.27. The minimum atomic E-state index is -1.14. The van der Waals surface area contributed by atoms with Crippen molar-refractivity contribution in [3.05, 3.63) is 28.8 Å². The fourth-order valence-electron chi connectivity index (χ4n) is 5.25. The van der Waals surface area contributed by atoms with Crippen molar-refractivity contribution in [3.63, 3.8) is 0 Å². The van der Waals surface area contributed by atoms with Crippen LogP contribution in [0.2, 0.25) is 10.6 Å². The molecule has 17 heteroatoms. The highest BCUT2D eigenvalue weighted by Gasteiger charge is 2.30.